The van der Waals surface area contributed by atoms with Crippen LogP contribution in [0, 0.1) is 11.3 Å². The van der Waals surface area contributed by atoms with Gasteiger partial charge in [0, 0.05) is 12.6 Å². The average Bonchev–Trinajstić information content (AvgIpc) is 2.27. The van der Waals surface area contributed by atoms with Crippen LogP contribution in [0.3, 0.4) is 0 Å². The molecule has 0 spiro atoms. The molecular formula is C16H33NO. The Morgan fingerprint density at radius 1 is 1.33 bits per heavy atom. The Morgan fingerprint density at radius 3 is 2.67 bits per heavy atom. The van der Waals surface area contributed by atoms with Gasteiger partial charge in [0.15, 0.2) is 0 Å². The van der Waals surface area contributed by atoms with E-state index in [0.717, 1.165) is 19.1 Å². The Hall–Kier alpha value is -0.0800. The van der Waals surface area contributed by atoms with Gasteiger partial charge in [-0.1, -0.05) is 34.6 Å². The van der Waals surface area contributed by atoms with E-state index in [2.05, 4.69) is 39.9 Å². The first-order chi connectivity index (χ1) is 8.44. The van der Waals surface area contributed by atoms with E-state index in [9.17, 15) is 0 Å². The molecule has 0 aromatic heterocycles. The van der Waals surface area contributed by atoms with E-state index in [1.165, 1.54) is 32.1 Å². The molecule has 0 heterocycles. The molecule has 0 aromatic rings. The van der Waals surface area contributed by atoms with Crippen molar-refractivity contribution in [2.24, 2.45) is 11.3 Å². The first-order valence-electron chi connectivity index (χ1n) is 7.79. The Morgan fingerprint density at radius 2 is 2.06 bits per heavy atom. The maximum atomic E-state index is 6.17. The molecule has 0 saturated heterocycles. The lowest BCUT2D eigenvalue weighted by Crippen LogP contribution is -2.47. The second-order valence-corrected chi connectivity index (χ2v) is 7.02. The SMILES string of the molecule is CCNC1CCC(C)(C)CC1OCCCC(C)C. The van der Waals surface area contributed by atoms with Crippen LogP contribution in [0.5, 0.6) is 0 Å². The zero-order valence-corrected chi connectivity index (χ0v) is 13.1. The smallest absolute Gasteiger partial charge is 0.0733 e. The molecule has 0 bridgehead atoms. The van der Waals surface area contributed by atoms with Gasteiger partial charge < -0.3 is 10.1 Å². The molecule has 2 atom stereocenters. The normalized spacial score (nSPS) is 27.7. The maximum absolute atomic E-state index is 6.17. The predicted molar refractivity (Wildman–Crippen MR) is 78.9 cm³/mol. The van der Waals surface area contributed by atoms with Crippen LogP contribution in [0.1, 0.15) is 66.7 Å². The van der Waals surface area contributed by atoms with Crippen molar-refractivity contribution in [2.75, 3.05) is 13.2 Å². The van der Waals surface area contributed by atoms with Crippen molar-refractivity contribution in [1.82, 2.24) is 5.32 Å². The van der Waals surface area contributed by atoms with Crippen LogP contribution in [-0.4, -0.2) is 25.3 Å². The molecule has 2 heteroatoms. The summed E-state index contributed by atoms with van der Waals surface area (Å²) in [4.78, 5) is 0. The first kappa shape index (κ1) is 16.0. The number of hydrogen-bond donors (Lipinski definition) is 1. The van der Waals surface area contributed by atoms with Crippen molar-refractivity contribution >= 4 is 0 Å². The van der Waals surface area contributed by atoms with Gasteiger partial charge in [-0.15, -0.1) is 0 Å². The molecule has 1 aliphatic rings. The summed E-state index contributed by atoms with van der Waals surface area (Å²) >= 11 is 0. The van der Waals surface area contributed by atoms with E-state index < -0.39 is 0 Å². The number of ether oxygens (including phenoxy) is 1. The standard InChI is InChI=1S/C16H33NO/c1-6-17-14-9-10-16(4,5)12-15(14)18-11-7-8-13(2)3/h13-15,17H,6-12H2,1-5H3. The lowest BCUT2D eigenvalue weighted by molar-refractivity contribution is -0.0295. The Balaban J connectivity index is 2.36. The van der Waals surface area contributed by atoms with Gasteiger partial charge in [0.1, 0.15) is 0 Å². The fourth-order valence-corrected chi connectivity index (χ4v) is 2.92. The summed E-state index contributed by atoms with van der Waals surface area (Å²) in [5.41, 5.74) is 0.453. The molecule has 0 amide bonds. The predicted octanol–water partition coefficient (Wildman–Crippen LogP) is 4.00. The zero-order valence-electron chi connectivity index (χ0n) is 13.1. The third kappa shape index (κ3) is 5.71. The summed E-state index contributed by atoms with van der Waals surface area (Å²) in [6.45, 7) is 13.5. The highest BCUT2D eigenvalue weighted by Crippen LogP contribution is 2.36. The number of nitrogens with one attached hydrogen (secondary N) is 1. The number of rotatable bonds is 7. The summed E-state index contributed by atoms with van der Waals surface area (Å²) in [5, 5.41) is 3.60. The van der Waals surface area contributed by atoms with Crippen molar-refractivity contribution in [3.63, 3.8) is 0 Å². The van der Waals surface area contributed by atoms with E-state index >= 15 is 0 Å². The molecule has 1 fully saturated rings. The van der Waals surface area contributed by atoms with Gasteiger partial charge in [-0.05, 0) is 50.0 Å². The number of hydrogen-bond acceptors (Lipinski definition) is 2. The fourth-order valence-electron chi connectivity index (χ4n) is 2.92. The lowest BCUT2D eigenvalue weighted by atomic mass is 9.74. The molecule has 1 rings (SSSR count). The lowest BCUT2D eigenvalue weighted by Gasteiger charge is -2.41. The van der Waals surface area contributed by atoms with Crippen molar-refractivity contribution in [1.29, 1.82) is 0 Å². The van der Waals surface area contributed by atoms with E-state index in [4.69, 9.17) is 4.74 Å². The highest BCUT2D eigenvalue weighted by molar-refractivity contribution is 4.89. The van der Waals surface area contributed by atoms with E-state index in [1.54, 1.807) is 0 Å². The number of likely N-dealkylation sites (N-methyl/N-ethyl adjacent to an activating group) is 1. The molecule has 108 valence electrons. The molecule has 0 radical (unpaired) electrons. The van der Waals surface area contributed by atoms with Gasteiger partial charge in [0.2, 0.25) is 0 Å². The zero-order chi connectivity index (χ0) is 13.6. The average molecular weight is 255 g/mol. The third-order valence-electron chi connectivity index (χ3n) is 4.06. The minimum Gasteiger partial charge on any atom is -0.377 e. The van der Waals surface area contributed by atoms with Crippen LogP contribution in [0.4, 0.5) is 0 Å². The van der Waals surface area contributed by atoms with Crippen LogP contribution >= 0.6 is 0 Å². The van der Waals surface area contributed by atoms with Gasteiger partial charge >= 0.3 is 0 Å². The van der Waals surface area contributed by atoms with Crippen molar-refractivity contribution in [3.05, 3.63) is 0 Å². The van der Waals surface area contributed by atoms with E-state index in [1.807, 2.05) is 0 Å². The maximum Gasteiger partial charge on any atom is 0.0733 e. The second kappa shape index (κ2) is 7.49. The minimum atomic E-state index is 0.417. The van der Waals surface area contributed by atoms with Gasteiger partial charge in [-0.25, -0.2) is 0 Å². The summed E-state index contributed by atoms with van der Waals surface area (Å²) in [7, 11) is 0. The van der Waals surface area contributed by atoms with Crippen LogP contribution in [0.25, 0.3) is 0 Å². The monoisotopic (exact) mass is 255 g/mol. The summed E-state index contributed by atoms with van der Waals surface area (Å²) < 4.78 is 6.17. The molecule has 1 aliphatic carbocycles. The Labute approximate surface area is 114 Å². The van der Waals surface area contributed by atoms with Crippen LogP contribution in [0.15, 0.2) is 0 Å². The topological polar surface area (TPSA) is 21.3 Å². The fraction of sp³-hybridized carbons (Fsp3) is 1.00. The van der Waals surface area contributed by atoms with Gasteiger partial charge in [-0.3, -0.25) is 0 Å². The van der Waals surface area contributed by atoms with Crippen molar-refractivity contribution < 1.29 is 4.74 Å². The van der Waals surface area contributed by atoms with Crippen LogP contribution in [-0.2, 0) is 4.74 Å². The Kier molecular flexibility index (Phi) is 6.65. The first-order valence-corrected chi connectivity index (χ1v) is 7.79. The van der Waals surface area contributed by atoms with Crippen molar-refractivity contribution in [3.8, 4) is 0 Å². The van der Waals surface area contributed by atoms with Gasteiger partial charge in [-0.2, -0.15) is 0 Å². The quantitative estimate of drug-likeness (QED) is 0.694. The molecule has 2 unspecified atom stereocenters. The molecule has 0 aliphatic heterocycles. The molecule has 0 aromatic carbocycles. The van der Waals surface area contributed by atoms with Gasteiger partial charge in [0.25, 0.3) is 0 Å². The summed E-state index contributed by atoms with van der Waals surface area (Å²) in [6, 6.07) is 0.571. The minimum absolute atomic E-state index is 0.417. The van der Waals surface area contributed by atoms with Crippen LogP contribution < -0.4 is 5.32 Å². The van der Waals surface area contributed by atoms with E-state index in [-0.39, 0.29) is 0 Å². The molecule has 1 N–H and O–H groups in total. The highest BCUT2D eigenvalue weighted by atomic mass is 16.5. The Bertz CT molecular complexity index is 225. The summed E-state index contributed by atoms with van der Waals surface area (Å²) in [5.74, 6) is 0.793. The highest BCUT2D eigenvalue weighted by Gasteiger charge is 2.34. The van der Waals surface area contributed by atoms with Gasteiger partial charge in [0.05, 0.1) is 6.10 Å². The second-order valence-electron chi connectivity index (χ2n) is 7.02. The third-order valence-corrected chi connectivity index (χ3v) is 4.06. The van der Waals surface area contributed by atoms with E-state index in [0.29, 0.717) is 17.6 Å². The molecular weight excluding hydrogens is 222 g/mol. The van der Waals surface area contributed by atoms with Crippen LogP contribution in [0.2, 0.25) is 0 Å². The molecule has 18 heavy (non-hydrogen) atoms. The molecule has 1 saturated carbocycles. The van der Waals surface area contributed by atoms with Crippen molar-refractivity contribution in [2.45, 2.75) is 78.9 Å². The summed E-state index contributed by atoms with van der Waals surface area (Å²) in [6.07, 6.45) is 6.68. The molecule has 2 nitrogen and oxygen atoms in total. The largest absolute Gasteiger partial charge is 0.377 e.